The summed E-state index contributed by atoms with van der Waals surface area (Å²) in [6, 6.07) is 9.73. The average molecular weight is 220 g/mol. The highest BCUT2D eigenvalue weighted by molar-refractivity contribution is 7.99. The first kappa shape index (κ1) is 10.3. The van der Waals surface area contributed by atoms with Crippen LogP contribution in [-0.2, 0) is 4.79 Å². The number of Topliss-reactive ketones (excluding diaryl/α,β-unsaturated/α-hetero) is 1. The average Bonchev–Trinajstić information content (AvgIpc) is 2.61. The lowest BCUT2D eigenvalue weighted by atomic mass is 10.2. The van der Waals surface area contributed by atoms with E-state index in [9.17, 15) is 4.79 Å². The summed E-state index contributed by atoms with van der Waals surface area (Å²) < 4.78 is 5.64. The Morgan fingerprint density at radius 3 is 2.73 bits per heavy atom. The molecule has 2 aromatic rings. The molecule has 3 heteroatoms. The molecule has 1 aromatic carbocycles. The van der Waals surface area contributed by atoms with E-state index in [1.807, 2.05) is 36.6 Å². The van der Waals surface area contributed by atoms with Crippen molar-refractivity contribution in [2.75, 3.05) is 6.26 Å². The fourth-order valence-electron chi connectivity index (χ4n) is 1.61. The van der Waals surface area contributed by atoms with Crippen LogP contribution in [-0.4, -0.2) is 12.0 Å². The molecule has 78 valence electrons. The van der Waals surface area contributed by atoms with Gasteiger partial charge in [-0.1, -0.05) is 18.2 Å². The predicted molar refractivity (Wildman–Crippen MR) is 63.2 cm³/mol. The van der Waals surface area contributed by atoms with Crippen LogP contribution in [0.2, 0.25) is 0 Å². The molecule has 0 fully saturated rings. The normalized spacial score (nSPS) is 12.9. The number of rotatable bonds is 3. The van der Waals surface area contributed by atoms with Crippen LogP contribution < -0.4 is 0 Å². The van der Waals surface area contributed by atoms with E-state index in [4.69, 9.17) is 4.42 Å². The zero-order valence-electron chi connectivity index (χ0n) is 8.69. The first-order chi connectivity index (χ1) is 7.22. The molecule has 0 aliphatic rings. The number of furan rings is 1. The van der Waals surface area contributed by atoms with Crippen LogP contribution in [0.3, 0.4) is 0 Å². The van der Waals surface area contributed by atoms with Gasteiger partial charge < -0.3 is 4.42 Å². The van der Waals surface area contributed by atoms with E-state index in [2.05, 4.69) is 0 Å². The molecule has 0 radical (unpaired) electrons. The number of ketones is 1. The summed E-state index contributed by atoms with van der Waals surface area (Å²) >= 11 is 1.50. The smallest absolute Gasteiger partial charge is 0.150 e. The van der Waals surface area contributed by atoms with Gasteiger partial charge in [0.05, 0.1) is 0 Å². The van der Waals surface area contributed by atoms with Crippen molar-refractivity contribution in [3.8, 4) is 0 Å². The molecule has 0 saturated heterocycles. The van der Waals surface area contributed by atoms with E-state index < -0.39 is 0 Å². The summed E-state index contributed by atoms with van der Waals surface area (Å²) in [4.78, 5) is 11.4. The van der Waals surface area contributed by atoms with Crippen LogP contribution in [0.4, 0.5) is 0 Å². The van der Waals surface area contributed by atoms with Crippen molar-refractivity contribution in [3.05, 3.63) is 36.1 Å². The van der Waals surface area contributed by atoms with E-state index in [1.165, 1.54) is 11.8 Å². The second-order valence-corrected chi connectivity index (χ2v) is 4.36. The second-order valence-electron chi connectivity index (χ2n) is 3.41. The topological polar surface area (TPSA) is 30.2 Å². The molecule has 2 rings (SSSR count). The third-order valence-corrected chi connectivity index (χ3v) is 3.34. The van der Waals surface area contributed by atoms with E-state index in [-0.39, 0.29) is 11.0 Å². The van der Waals surface area contributed by atoms with Gasteiger partial charge in [-0.05, 0) is 25.3 Å². The fraction of sp³-hybridized carbons (Fsp3) is 0.250. The van der Waals surface area contributed by atoms with E-state index in [0.717, 1.165) is 16.7 Å². The summed E-state index contributed by atoms with van der Waals surface area (Å²) in [5.41, 5.74) is 0.841. The van der Waals surface area contributed by atoms with Gasteiger partial charge in [0.25, 0.3) is 0 Å². The van der Waals surface area contributed by atoms with Gasteiger partial charge in [0, 0.05) is 5.39 Å². The van der Waals surface area contributed by atoms with Gasteiger partial charge in [0.15, 0.2) is 0 Å². The van der Waals surface area contributed by atoms with Crippen molar-refractivity contribution in [2.24, 2.45) is 0 Å². The number of hydrogen-bond donors (Lipinski definition) is 0. The third-order valence-electron chi connectivity index (χ3n) is 2.31. The number of carbonyl (C=O) groups is 1. The molecule has 2 nitrogen and oxygen atoms in total. The quantitative estimate of drug-likeness (QED) is 0.793. The van der Waals surface area contributed by atoms with Crippen molar-refractivity contribution in [3.63, 3.8) is 0 Å². The number of carbonyl (C=O) groups excluding carboxylic acids is 1. The third kappa shape index (κ3) is 1.92. The van der Waals surface area contributed by atoms with E-state index in [0.29, 0.717) is 0 Å². The Kier molecular flexibility index (Phi) is 2.82. The van der Waals surface area contributed by atoms with Crippen LogP contribution in [0, 0.1) is 0 Å². The fourth-order valence-corrected chi connectivity index (χ4v) is 2.29. The number of fused-ring (bicyclic) bond motifs is 1. The maximum absolute atomic E-state index is 11.4. The van der Waals surface area contributed by atoms with Gasteiger partial charge in [-0.3, -0.25) is 4.79 Å². The van der Waals surface area contributed by atoms with Crippen molar-refractivity contribution >= 4 is 28.5 Å². The van der Waals surface area contributed by atoms with Gasteiger partial charge in [-0.25, -0.2) is 0 Å². The molecule has 0 spiro atoms. The molecule has 0 N–H and O–H groups in total. The minimum absolute atomic E-state index is 0.126. The largest absolute Gasteiger partial charge is 0.459 e. The second kappa shape index (κ2) is 4.11. The first-order valence-corrected chi connectivity index (χ1v) is 6.03. The minimum atomic E-state index is -0.183. The Morgan fingerprint density at radius 1 is 1.40 bits per heavy atom. The molecule has 1 aromatic heterocycles. The Morgan fingerprint density at radius 2 is 2.13 bits per heavy atom. The van der Waals surface area contributed by atoms with Crippen LogP contribution in [0.5, 0.6) is 0 Å². The lowest BCUT2D eigenvalue weighted by molar-refractivity contribution is -0.116. The zero-order valence-corrected chi connectivity index (χ0v) is 9.51. The maximum Gasteiger partial charge on any atom is 0.150 e. The Bertz CT molecular complexity index is 454. The van der Waals surface area contributed by atoms with Gasteiger partial charge in [-0.15, -0.1) is 11.8 Å². The summed E-state index contributed by atoms with van der Waals surface area (Å²) in [5, 5.41) is 0.866. The van der Waals surface area contributed by atoms with Crippen molar-refractivity contribution < 1.29 is 9.21 Å². The van der Waals surface area contributed by atoms with E-state index in [1.54, 1.807) is 6.92 Å². The van der Waals surface area contributed by atoms with Crippen LogP contribution in [0.25, 0.3) is 11.0 Å². The van der Waals surface area contributed by atoms with Gasteiger partial charge in [-0.2, -0.15) is 0 Å². The van der Waals surface area contributed by atoms with E-state index >= 15 is 0 Å². The Labute approximate surface area is 92.7 Å². The highest BCUT2D eigenvalue weighted by Crippen LogP contribution is 2.31. The van der Waals surface area contributed by atoms with Crippen molar-refractivity contribution in [1.29, 1.82) is 0 Å². The molecular formula is C12H12O2S. The summed E-state index contributed by atoms with van der Waals surface area (Å²) in [6.07, 6.45) is 1.92. The monoisotopic (exact) mass is 220 g/mol. The molecule has 0 amide bonds. The minimum Gasteiger partial charge on any atom is -0.459 e. The molecule has 1 heterocycles. The SMILES string of the molecule is CSC(C(C)=O)c1cc2ccccc2o1. The summed E-state index contributed by atoms with van der Waals surface area (Å²) in [7, 11) is 0. The Hall–Kier alpha value is -1.22. The molecule has 1 atom stereocenters. The molecule has 0 saturated carbocycles. The van der Waals surface area contributed by atoms with Crippen LogP contribution in [0.15, 0.2) is 34.7 Å². The summed E-state index contributed by atoms with van der Waals surface area (Å²) in [6.45, 7) is 1.59. The molecule has 0 aliphatic heterocycles. The standard InChI is InChI=1S/C12H12O2S/c1-8(13)12(15-2)11-7-9-5-3-4-6-10(9)14-11/h3-7,12H,1-2H3. The summed E-state index contributed by atoms with van der Waals surface area (Å²) in [5.74, 6) is 0.873. The van der Waals surface area contributed by atoms with Gasteiger partial charge in [0.2, 0.25) is 0 Å². The van der Waals surface area contributed by atoms with Crippen LogP contribution in [0.1, 0.15) is 17.9 Å². The molecule has 0 bridgehead atoms. The number of para-hydroxylation sites is 1. The zero-order chi connectivity index (χ0) is 10.8. The molecule has 1 unspecified atom stereocenters. The highest BCUT2D eigenvalue weighted by Gasteiger charge is 2.19. The maximum atomic E-state index is 11.4. The number of hydrogen-bond acceptors (Lipinski definition) is 3. The number of thioether (sulfide) groups is 1. The molecule has 0 aliphatic carbocycles. The van der Waals surface area contributed by atoms with Crippen LogP contribution >= 0.6 is 11.8 Å². The van der Waals surface area contributed by atoms with Gasteiger partial charge >= 0.3 is 0 Å². The lowest BCUT2D eigenvalue weighted by Gasteiger charge is -2.05. The highest BCUT2D eigenvalue weighted by atomic mass is 32.2. The van der Waals surface area contributed by atoms with Crippen molar-refractivity contribution in [2.45, 2.75) is 12.2 Å². The van der Waals surface area contributed by atoms with Gasteiger partial charge in [0.1, 0.15) is 22.4 Å². The predicted octanol–water partition coefficient (Wildman–Crippen LogP) is 3.43. The number of benzene rings is 1. The lowest BCUT2D eigenvalue weighted by Crippen LogP contribution is -2.02. The molecule has 15 heavy (non-hydrogen) atoms. The Balaban J connectivity index is 2.47. The first-order valence-electron chi connectivity index (χ1n) is 4.74. The molecular weight excluding hydrogens is 208 g/mol. The van der Waals surface area contributed by atoms with Crippen molar-refractivity contribution in [1.82, 2.24) is 0 Å².